The van der Waals surface area contributed by atoms with E-state index in [-0.39, 0.29) is 17.8 Å². The molecule has 27 heavy (non-hydrogen) atoms. The van der Waals surface area contributed by atoms with E-state index in [0.29, 0.717) is 23.7 Å². The van der Waals surface area contributed by atoms with Crippen molar-refractivity contribution in [2.24, 2.45) is 7.05 Å². The van der Waals surface area contributed by atoms with E-state index in [0.717, 1.165) is 28.7 Å². The summed E-state index contributed by atoms with van der Waals surface area (Å²) in [5.41, 5.74) is 1.95. The summed E-state index contributed by atoms with van der Waals surface area (Å²) in [4.78, 5) is 32.5. The van der Waals surface area contributed by atoms with E-state index in [1.807, 2.05) is 28.8 Å². The molecule has 8 heteroatoms. The standard InChI is InChI=1S/C19H20BrN5O2/c1-12(2)11-25-17(26)15-16(22(3)19(25)27)21-18-23(9-4-10-24(15)18)14-7-5-13(20)6-8-14/h5-8H,1,4,9-11H2,2-3H3. The van der Waals surface area contributed by atoms with Crippen molar-refractivity contribution in [1.29, 1.82) is 0 Å². The minimum Gasteiger partial charge on any atom is -0.312 e. The molecule has 0 N–H and O–H groups in total. The normalized spacial score (nSPS) is 13.8. The van der Waals surface area contributed by atoms with Gasteiger partial charge in [0.1, 0.15) is 0 Å². The first kappa shape index (κ1) is 17.8. The SMILES string of the molecule is C=C(C)Cn1c(=O)c2c(nc3n2CCCN3c2ccc(Br)cc2)n(C)c1=O. The van der Waals surface area contributed by atoms with Crippen molar-refractivity contribution in [3.8, 4) is 0 Å². The molecule has 1 aliphatic heterocycles. The lowest BCUT2D eigenvalue weighted by Gasteiger charge is -2.29. The minimum atomic E-state index is -0.374. The van der Waals surface area contributed by atoms with Gasteiger partial charge in [-0.3, -0.25) is 13.9 Å². The van der Waals surface area contributed by atoms with Crippen molar-refractivity contribution < 1.29 is 0 Å². The molecule has 0 saturated carbocycles. The number of allylic oxidation sites excluding steroid dienone is 1. The van der Waals surface area contributed by atoms with E-state index in [4.69, 9.17) is 0 Å². The number of anilines is 2. The van der Waals surface area contributed by atoms with Gasteiger partial charge in [-0.05, 0) is 37.6 Å². The van der Waals surface area contributed by atoms with E-state index in [1.54, 1.807) is 14.0 Å². The Morgan fingerprint density at radius 2 is 1.93 bits per heavy atom. The average Bonchev–Trinajstić information content (AvgIpc) is 3.04. The van der Waals surface area contributed by atoms with E-state index < -0.39 is 0 Å². The van der Waals surface area contributed by atoms with Crippen LogP contribution in [0.3, 0.4) is 0 Å². The lowest BCUT2D eigenvalue weighted by atomic mass is 10.2. The first-order valence-corrected chi connectivity index (χ1v) is 9.55. The zero-order valence-electron chi connectivity index (χ0n) is 15.3. The van der Waals surface area contributed by atoms with Gasteiger partial charge in [0.2, 0.25) is 5.95 Å². The van der Waals surface area contributed by atoms with Crippen LogP contribution in [0.25, 0.3) is 11.2 Å². The van der Waals surface area contributed by atoms with Crippen molar-refractivity contribution >= 4 is 38.7 Å². The Bertz CT molecular complexity index is 1170. The predicted molar refractivity (Wildman–Crippen MR) is 110 cm³/mol. The Labute approximate surface area is 164 Å². The van der Waals surface area contributed by atoms with Gasteiger partial charge in [-0.25, -0.2) is 4.79 Å². The first-order valence-electron chi connectivity index (χ1n) is 8.76. The number of imidazole rings is 1. The van der Waals surface area contributed by atoms with Crippen LogP contribution < -0.4 is 16.1 Å². The van der Waals surface area contributed by atoms with Crippen molar-refractivity contribution in [3.63, 3.8) is 0 Å². The molecule has 4 rings (SSSR count). The summed E-state index contributed by atoms with van der Waals surface area (Å²) in [6.07, 6.45) is 0.886. The number of fused-ring (bicyclic) bond motifs is 3. The minimum absolute atomic E-state index is 0.207. The predicted octanol–water partition coefficient (Wildman–Crippen LogP) is 2.78. The molecule has 3 heterocycles. The summed E-state index contributed by atoms with van der Waals surface area (Å²) in [6.45, 7) is 7.34. The summed E-state index contributed by atoms with van der Waals surface area (Å²) in [7, 11) is 1.65. The summed E-state index contributed by atoms with van der Waals surface area (Å²) in [5.74, 6) is 0.693. The molecule has 0 saturated heterocycles. The number of aryl methyl sites for hydroxylation is 2. The van der Waals surface area contributed by atoms with Crippen LogP contribution in [0.15, 0.2) is 50.5 Å². The topological polar surface area (TPSA) is 65.1 Å². The zero-order valence-corrected chi connectivity index (χ0v) is 16.9. The molecule has 0 spiro atoms. The zero-order chi connectivity index (χ0) is 19.3. The van der Waals surface area contributed by atoms with Crippen molar-refractivity contribution in [2.75, 3.05) is 11.4 Å². The summed E-state index contributed by atoms with van der Waals surface area (Å²) >= 11 is 3.46. The van der Waals surface area contributed by atoms with Gasteiger partial charge in [0.05, 0.1) is 6.54 Å². The lowest BCUT2D eigenvalue weighted by Crippen LogP contribution is -2.40. The summed E-state index contributed by atoms with van der Waals surface area (Å²) in [6, 6.07) is 7.98. The molecule has 2 aromatic heterocycles. The average molecular weight is 430 g/mol. The lowest BCUT2D eigenvalue weighted by molar-refractivity contribution is 0.597. The molecule has 0 bridgehead atoms. The molecule has 140 valence electrons. The van der Waals surface area contributed by atoms with Crippen LogP contribution in [-0.4, -0.2) is 25.2 Å². The number of benzene rings is 1. The molecule has 1 aromatic carbocycles. The van der Waals surface area contributed by atoms with Gasteiger partial charge in [0, 0.05) is 30.3 Å². The molecule has 0 radical (unpaired) electrons. The summed E-state index contributed by atoms with van der Waals surface area (Å²) in [5, 5.41) is 0. The number of aromatic nitrogens is 4. The highest BCUT2D eigenvalue weighted by Gasteiger charge is 2.26. The fourth-order valence-electron chi connectivity index (χ4n) is 3.54. The second-order valence-electron chi connectivity index (χ2n) is 6.91. The monoisotopic (exact) mass is 429 g/mol. The van der Waals surface area contributed by atoms with Gasteiger partial charge in [0.25, 0.3) is 5.56 Å². The van der Waals surface area contributed by atoms with Gasteiger partial charge in [-0.1, -0.05) is 28.1 Å². The van der Waals surface area contributed by atoms with Gasteiger partial charge < -0.3 is 9.47 Å². The molecule has 0 aliphatic carbocycles. The van der Waals surface area contributed by atoms with Crippen molar-refractivity contribution in [2.45, 2.75) is 26.4 Å². The highest BCUT2D eigenvalue weighted by Crippen LogP contribution is 2.31. The number of nitrogens with zero attached hydrogens (tertiary/aromatic N) is 5. The number of hydrogen-bond donors (Lipinski definition) is 0. The van der Waals surface area contributed by atoms with E-state index >= 15 is 0 Å². The molecule has 7 nitrogen and oxygen atoms in total. The molecule has 0 amide bonds. The molecule has 0 atom stereocenters. The molecule has 1 aliphatic rings. The Hall–Kier alpha value is -2.61. The number of hydrogen-bond acceptors (Lipinski definition) is 4. The third-order valence-corrected chi connectivity index (χ3v) is 5.31. The number of halogens is 1. The van der Waals surface area contributed by atoms with Crippen LogP contribution in [0, 0.1) is 0 Å². The fourth-order valence-corrected chi connectivity index (χ4v) is 3.80. The van der Waals surface area contributed by atoms with Crippen LogP contribution in [0.4, 0.5) is 11.6 Å². The van der Waals surface area contributed by atoms with Crippen molar-refractivity contribution in [1.82, 2.24) is 18.7 Å². The third kappa shape index (κ3) is 2.84. The maximum absolute atomic E-state index is 13.1. The smallest absolute Gasteiger partial charge is 0.312 e. The van der Waals surface area contributed by atoms with Gasteiger partial charge in [-0.2, -0.15) is 4.98 Å². The van der Waals surface area contributed by atoms with Crippen LogP contribution in [0.5, 0.6) is 0 Å². The van der Waals surface area contributed by atoms with E-state index in [9.17, 15) is 9.59 Å². The molecular formula is C19H20BrN5O2. The van der Waals surface area contributed by atoms with E-state index in [1.165, 1.54) is 9.13 Å². The Kier molecular flexibility index (Phi) is 4.30. The molecule has 0 fully saturated rings. The highest BCUT2D eigenvalue weighted by molar-refractivity contribution is 9.10. The van der Waals surface area contributed by atoms with Crippen LogP contribution in [0.1, 0.15) is 13.3 Å². The second-order valence-corrected chi connectivity index (χ2v) is 7.82. The highest BCUT2D eigenvalue weighted by atomic mass is 79.9. The third-order valence-electron chi connectivity index (χ3n) is 4.78. The van der Waals surface area contributed by atoms with Crippen LogP contribution >= 0.6 is 15.9 Å². The molecular weight excluding hydrogens is 410 g/mol. The summed E-state index contributed by atoms with van der Waals surface area (Å²) < 4.78 is 5.61. The maximum Gasteiger partial charge on any atom is 0.332 e. The fraction of sp³-hybridized carbons (Fsp3) is 0.316. The first-order chi connectivity index (χ1) is 12.9. The van der Waals surface area contributed by atoms with Gasteiger partial charge >= 0.3 is 5.69 Å². The Morgan fingerprint density at radius 1 is 1.22 bits per heavy atom. The van der Waals surface area contributed by atoms with Crippen molar-refractivity contribution in [3.05, 3.63) is 61.7 Å². The molecule has 0 unspecified atom stereocenters. The van der Waals surface area contributed by atoms with Gasteiger partial charge in [0.15, 0.2) is 11.2 Å². The maximum atomic E-state index is 13.1. The Morgan fingerprint density at radius 3 is 2.59 bits per heavy atom. The molecule has 3 aromatic rings. The largest absolute Gasteiger partial charge is 0.332 e. The quantitative estimate of drug-likeness (QED) is 0.600. The van der Waals surface area contributed by atoms with E-state index in [2.05, 4.69) is 32.4 Å². The van der Waals surface area contributed by atoms with Gasteiger partial charge in [-0.15, -0.1) is 0 Å². The Balaban J connectivity index is 1.98. The second kappa shape index (κ2) is 6.53. The van der Waals surface area contributed by atoms with Crippen LogP contribution in [0.2, 0.25) is 0 Å². The van der Waals surface area contributed by atoms with Crippen LogP contribution in [-0.2, 0) is 20.1 Å². The number of rotatable bonds is 3.